The number of hydrogen-bond acceptors (Lipinski definition) is 3. The van der Waals surface area contributed by atoms with Crippen LogP contribution in [-0.4, -0.2) is 11.5 Å². The molecule has 4 nitrogen and oxygen atoms in total. The van der Waals surface area contributed by atoms with Crippen LogP contribution in [0.3, 0.4) is 0 Å². The van der Waals surface area contributed by atoms with Crippen molar-refractivity contribution in [2.75, 3.05) is 11.9 Å². The SMILES string of the molecule is CC(C)C(CNc1cc(Cl)ccc1[N+](=O)[O-])C(C)C. The molecular formula is C14H21ClN2O2. The van der Waals surface area contributed by atoms with E-state index in [0.29, 0.717) is 35.0 Å². The quantitative estimate of drug-likeness (QED) is 0.614. The molecular weight excluding hydrogens is 264 g/mol. The number of nitro groups is 1. The van der Waals surface area contributed by atoms with E-state index in [1.54, 1.807) is 6.07 Å². The Morgan fingerprint density at radius 3 is 2.32 bits per heavy atom. The summed E-state index contributed by atoms with van der Waals surface area (Å²) < 4.78 is 0. The zero-order valence-electron chi connectivity index (χ0n) is 11.8. The smallest absolute Gasteiger partial charge is 0.292 e. The summed E-state index contributed by atoms with van der Waals surface area (Å²) in [5, 5.41) is 14.6. The van der Waals surface area contributed by atoms with E-state index in [0.717, 1.165) is 0 Å². The maximum Gasteiger partial charge on any atom is 0.292 e. The molecule has 0 heterocycles. The monoisotopic (exact) mass is 284 g/mol. The van der Waals surface area contributed by atoms with Gasteiger partial charge in [0.15, 0.2) is 0 Å². The summed E-state index contributed by atoms with van der Waals surface area (Å²) in [6, 6.07) is 4.58. The molecule has 0 unspecified atom stereocenters. The number of nitro benzene ring substituents is 1. The summed E-state index contributed by atoms with van der Waals surface area (Å²) in [5.41, 5.74) is 0.555. The number of anilines is 1. The fourth-order valence-electron chi connectivity index (χ4n) is 2.28. The van der Waals surface area contributed by atoms with E-state index in [9.17, 15) is 10.1 Å². The molecule has 0 radical (unpaired) electrons. The number of nitrogens with one attached hydrogen (secondary N) is 1. The molecule has 106 valence electrons. The number of halogens is 1. The van der Waals surface area contributed by atoms with Gasteiger partial charge >= 0.3 is 0 Å². The Morgan fingerprint density at radius 2 is 1.84 bits per heavy atom. The Morgan fingerprint density at radius 1 is 1.26 bits per heavy atom. The Kier molecular flexibility index (Phi) is 5.60. The third-order valence-corrected chi connectivity index (χ3v) is 3.63. The summed E-state index contributed by atoms with van der Waals surface area (Å²) in [7, 11) is 0. The molecule has 1 rings (SSSR count). The van der Waals surface area contributed by atoms with Crippen molar-refractivity contribution in [3.8, 4) is 0 Å². The zero-order valence-corrected chi connectivity index (χ0v) is 12.6. The van der Waals surface area contributed by atoms with Gasteiger partial charge in [-0.1, -0.05) is 39.3 Å². The van der Waals surface area contributed by atoms with Crippen molar-refractivity contribution in [1.29, 1.82) is 0 Å². The number of hydrogen-bond donors (Lipinski definition) is 1. The van der Waals surface area contributed by atoms with Crippen LogP contribution in [0.15, 0.2) is 18.2 Å². The van der Waals surface area contributed by atoms with E-state index < -0.39 is 4.92 Å². The van der Waals surface area contributed by atoms with Gasteiger partial charge in [0.2, 0.25) is 0 Å². The minimum atomic E-state index is -0.390. The Balaban J connectivity index is 2.87. The van der Waals surface area contributed by atoms with Crippen LogP contribution < -0.4 is 5.32 Å². The van der Waals surface area contributed by atoms with Crippen molar-refractivity contribution < 1.29 is 4.92 Å². The van der Waals surface area contributed by atoms with Gasteiger partial charge in [0.05, 0.1) is 4.92 Å². The first-order chi connectivity index (χ1) is 8.82. The highest BCUT2D eigenvalue weighted by molar-refractivity contribution is 6.31. The molecule has 0 aliphatic heterocycles. The molecule has 0 aromatic heterocycles. The largest absolute Gasteiger partial charge is 0.379 e. The highest BCUT2D eigenvalue weighted by Crippen LogP contribution is 2.29. The predicted octanol–water partition coefficient (Wildman–Crippen LogP) is 4.59. The van der Waals surface area contributed by atoms with Crippen LogP contribution in [-0.2, 0) is 0 Å². The van der Waals surface area contributed by atoms with Gasteiger partial charge in [-0.2, -0.15) is 0 Å². The van der Waals surface area contributed by atoms with Gasteiger partial charge in [-0.05, 0) is 29.9 Å². The van der Waals surface area contributed by atoms with E-state index >= 15 is 0 Å². The van der Waals surface area contributed by atoms with Crippen LogP contribution in [0.25, 0.3) is 0 Å². The molecule has 0 saturated carbocycles. The average molecular weight is 285 g/mol. The average Bonchev–Trinajstić information content (AvgIpc) is 2.27. The maximum atomic E-state index is 11.0. The van der Waals surface area contributed by atoms with E-state index in [2.05, 4.69) is 33.0 Å². The van der Waals surface area contributed by atoms with Crippen LogP contribution in [0.1, 0.15) is 27.7 Å². The minimum Gasteiger partial charge on any atom is -0.379 e. The molecule has 1 aromatic carbocycles. The lowest BCUT2D eigenvalue weighted by Crippen LogP contribution is -2.24. The summed E-state index contributed by atoms with van der Waals surface area (Å²) in [4.78, 5) is 10.6. The number of rotatable bonds is 6. The van der Waals surface area contributed by atoms with Crippen LogP contribution >= 0.6 is 11.6 Å². The minimum absolute atomic E-state index is 0.0654. The first kappa shape index (κ1) is 15.8. The van der Waals surface area contributed by atoms with E-state index in [1.165, 1.54) is 12.1 Å². The van der Waals surface area contributed by atoms with Gasteiger partial charge in [-0.25, -0.2) is 0 Å². The summed E-state index contributed by atoms with van der Waals surface area (Å²) in [6.45, 7) is 9.37. The van der Waals surface area contributed by atoms with Crippen molar-refractivity contribution >= 4 is 23.0 Å². The predicted molar refractivity (Wildman–Crippen MR) is 79.8 cm³/mol. The first-order valence-electron chi connectivity index (χ1n) is 6.50. The van der Waals surface area contributed by atoms with Gasteiger partial charge in [0.1, 0.15) is 5.69 Å². The van der Waals surface area contributed by atoms with Crippen molar-refractivity contribution in [3.63, 3.8) is 0 Å². The van der Waals surface area contributed by atoms with Crippen LogP contribution in [0.2, 0.25) is 5.02 Å². The summed E-state index contributed by atoms with van der Waals surface area (Å²) >= 11 is 5.90. The van der Waals surface area contributed by atoms with Gasteiger partial charge in [0, 0.05) is 17.6 Å². The normalized spacial score (nSPS) is 11.4. The molecule has 0 atom stereocenters. The van der Waals surface area contributed by atoms with Gasteiger partial charge in [-0.3, -0.25) is 10.1 Å². The zero-order chi connectivity index (χ0) is 14.6. The molecule has 1 N–H and O–H groups in total. The van der Waals surface area contributed by atoms with Crippen LogP contribution in [0, 0.1) is 27.9 Å². The number of nitrogens with zero attached hydrogens (tertiary/aromatic N) is 1. The standard InChI is InChI=1S/C14H21ClN2O2/c1-9(2)12(10(3)4)8-16-13-7-11(15)5-6-14(13)17(18)19/h5-7,9-10,12,16H,8H2,1-4H3. The van der Waals surface area contributed by atoms with Crippen molar-refractivity contribution in [2.24, 2.45) is 17.8 Å². The molecule has 0 fully saturated rings. The fourth-order valence-corrected chi connectivity index (χ4v) is 2.45. The van der Waals surface area contributed by atoms with Gasteiger partial charge < -0.3 is 5.32 Å². The van der Waals surface area contributed by atoms with Gasteiger partial charge in [-0.15, -0.1) is 0 Å². The third-order valence-electron chi connectivity index (χ3n) is 3.40. The molecule has 0 aliphatic rings. The third kappa shape index (κ3) is 4.39. The van der Waals surface area contributed by atoms with Crippen molar-refractivity contribution in [3.05, 3.63) is 33.3 Å². The first-order valence-corrected chi connectivity index (χ1v) is 6.88. The highest BCUT2D eigenvalue weighted by atomic mass is 35.5. The molecule has 0 aliphatic carbocycles. The molecule has 0 saturated heterocycles. The number of benzene rings is 1. The second kappa shape index (κ2) is 6.75. The van der Waals surface area contributed by atoms with Gasteiger partial charge in [0.25, 0.3) is 5.69 Å². The Hall–Kier alpha value is -1.29. The lowest BCUT2D eigenvalue weighted by Gasteiger charge is -2.25. The topological polar surface area (TPSA) is 55.2 Å². The Labute approximate surface area is 119 Å². The molecule has 0 spiro atoms. The lowest BCUT2D eigenvalue weighted by molar-refractivity contribution is -0.384. The Bertz CT molecular complexity index is 439. The second-order valence-corrected chi connectivity index (χ2v) is 5.89. The fraction of sp³-hybridized carbons (Fsp3) is 0.571. The molecule has 19 heavy (non-hydrogen) atoms. The molecule has 1 aromatic rings. The summed E-state index contributed by atoms with van der Waals surface area (Å²) in [6.07, 6.45) is 0. The maximum absolute atomic E-state index is 11.0. The van der Waals surface area contributed by atoms with Crippen molar-refractivity contribution in [1.82, 2.24) is 0 Å². The van der Waals surface area contributed by atoms with Crippen LogP contribution in [0.5, 0.6) is 0 Å². The van der Waals surface area contributed by atoms with E-state index in [4.69, 9.17) is 11.6 Å². The lowest BCUT2D eigenvalue weighted by atomic mass is 9.85. The van der Waals surface area contributed by atoms with Crippen LogP contribution in [0.4, 0.5) is 11.4 Å². The molecule has 0 bridgehead atoms. The second-order valence-electron chi connectivity index (χ2n) is 5.45. The molecule has 5 heteroatoms. The van der Waals surface area contributed by atoms with Crippen molar-refractivity contribution in [2.45, 2.75) is 27.7 Å². The van der Waals surface area contributed by atoms with E-state index in [-0.39, 0.29) is 5.69 Å². The highest BCUT2D eigenvalue weighted by Gasteiger charge is 2.19. The van der Waals surface area contributed by atoms with E-state index in [1.807, 2.05) is 0 Å². The molecule has 0 amide bonds. The summed E-state index contributed by atoms with van der Waals surface area (Å²) in [5.74, 6) is 1.50.